The van der Waals surface area contributed by atoms with Crippen molar-refractivity contribution in [3.8, 4) is 10.6 Å². The monoisotopic (exact) mass is 296 g/mol. The highest BCUT2D eigenvalue weighted by Crippen LogP contribution is 2.30. The molecule has 0 spiro atoms. The van der Waals surface area contributed by atoms with Crippen LogP contribution in [0.3, 0.4) is 0 Å². The Morgan fingerprint density at radius 2 is 1.95 bits per heavy atom. The molecular formula is C15H18F2N2S. The Morgan fingerprint density at radius 1 is 1.25 bits per heavy atom. The van der Waals surface area contributed by atoms with Crippen LogP contribution in [0.4, 0.5) is 8.78 Å². The summed E-state index contributed by atoms with van der Waals surface area (Å²) in [6.07, 6.45) is 0.522. The summed E-state index contributed by atoms with van der Waals surface area (Å²) < 4.78 is 25.0. The minimum atomic E-state index is -2.42. The van der Waals surface area contributed by atoms with Crippen molar-refractivity contribution >= 4 is 11.3 Å². The number of alkyl halides is 2. The third-order valence-electron chi connectivity index (χ3n) is 3.06. The number of nitrogens with zero attached hydrogens (tertiary/aromatic N) is 1. The molecule has 0 aliphatic carbocycles. The molecular weight excluding hydrogens is 278 g/mol. The molecule has 1 atom stereocenters. The van der Waals surface area contributed by atoms with Crippen LogP contribution in [0.15, 0.2) is 30.5 Å². The van der Waals surface area contributed by atoms with Crippen LogP contribution in [0.2, 0.25) is 0 Å². The molecule has 1 heterocycles. The van der Waals surface area contributed by atoms with E-state index in [9.17, 15) is 8.78 Å². The van der Waals surface area contributed by atoms with Gasteiger partial charge < -0.3 is 5.32 Å². The van der Waals surface area contributed by atoms with Gasteiger partial charge in [-0.1, -0.05) is 31.2 Å². The van der Waals surface area contributed by atoms with Gasteiger partial charge in [-0.15, -0.1) is 11.3 Å². The van der Waals surface area contributed by atoms with E-state index in [0.717, 1.165) is 28.4 Å². The van der Waals surface area contributed by atoms with E-state index in [2.05, 4.69) is 24.1 Å². The minimum Gasteiger partial charge on any atom is -0.309 e. The Hall–Kier alpha value is -1.33. The van der Waals surface area contributed by atoms with Gasteiger partial charge in [-0.3, -0.25) is 0 Å². The van der Waals surface area contributed by atoms with Crippen molar-refractivity contribution in [2.75, 3.05) is 6.54 Å². The second-order valence-corrected chi connectivity index (χ2v) is 5.73. The molecule has 1 N–H and O–H groups in total. The van der Waals surface area contributed by atoms with Crippen molar-refractivity contribution in [3.63, 3.8) is 0 Å². The highest BCUT2D eigenvalue weighted by molar-refractivity contribution is 7.15. The lowest BCUT2D eigenvalue weighted by atomic mass is 10.1. The molecule has 1 unspecified atom stereocenters. The molecule has 108 valence electrons. The Balaban J connectivity index is 2.11. The van der Waals surface area contributed by atoms with Crippen LogP contribution in [0.25, 0.3) is 10.6 Å². The smallest absolute Gasteiger partial charge is 0.263 e. The first-order chi connectivity index (χ1) is 9.61. The van der Waals surface area contributed by atoms with Crippen LogP contribution in [-0.2, 0) is 0 Å². The Morgan fingerprint density at radius 3 is 2.55 bits per heavy atom. The molecule has 2 rings (SSSR count). The second kappa shape index (κ2) is 6.90. The third-order valence-corrected chi connectivity index (χ3v) is 4.29. The first kappa shape index (κ1) is 15.1. The average molecular weight is 296 g/mol. The van der Waals surface area contributed by atoms with Crippen molar-refractivity contribution in [2.45, 2.75) is 32.7 Å². The summed E-state index contributed by atoms with van der Waals surface area (Å²) in [5.41, 5.74) is 0.928. The number of hydrogen-bond acceptors (Lipinski definition) is 3. The lowest BCUT2D eigenvalue weighted by Crippen LogP contribution is -2.18. The summed E-state index contributed by atoms with van der Waals surface area (Å²) in [6, 6.07) is 6.59. The highest BCUT2D eigenvalue weighted by Gasteiger charge is 2.11. The van der Waals surface area contributed by atoms with Crippen molar-refractivity contribution < 1.29 is 8.78 Å². The molecule has 0 saturated carbocycles. The fourth-order valence-electron chi connectivity index (χ4n) is 1.85. The fourth-order valence-corrected chi connectivity index (χ4v) is 2.80. The topological polar surface area (TPSA) is 24.9 Å². The number of benzene rings is 1. The van der Waals surface area contributed by atoms with Gasteiger partial charge >= 0.3 is 0 Å². The van der Waals surface area contributed by atoms with Gasteiger partial charge in [0.2, 0.25) is 0 Å². The van der Waals surface area contributed by atoms with Crippen LogP contribution in [0, 0.1) is 0 Å². The van der Waals surface area contributed by atoms with Gasteiger partial charge in [0.05, 0.1) is 0 Å². The first-order valence-corrected chi connectivity index (χ1v) is 7.51. The van der Waals surface area contributed by atoms with E-state index in [1.54, 1.807) is 23.5 Å². The normalized spacial score (nSPS) is 12.8. The molecule has 1 aromatic carbocycles. The maximum absolute atomic E-state index is 12.5. The molecule has 20 heavy (non-hydrogen) atoms. The Bertz CT molecular complexity index is 537. The predicted molar refractivity (Wildman–Crippen MR) is 79.2 cm³/mol. The van der Waals surface area contributed by atoms with Gasteiger partial charge in [0, 0.05) is 28.2 Å². The molecule has 0 saturated heterocycles. The molecule has 2 nitrogen and oxygen atoms in total. The van der Waals surface area contributed by atoms with Crippen LogP contribution in [-0.4, -0.2) is 11.5 Å². The van der Waals surface area contributed by atoms with Crippen molar-refractivity contribution in [1.82, 2.24) is 10.3 Å². The van der Waals surface area contributed by atoms with Crippen molar-refractivity contribution in [2.24, 2.45) is 0 Å². The quantitative estimate of drug-likeness (QED) is 0.827. The number of halogens is 2. The van der Waals surface area contributed by atoms with E-state index in [0.29, 0.717) is 0 Å². The lowest BCUT2D eigenvalue weighted by Gasteiger charge is -2.09. The summed E-state index contributed by atoms with van der Waals surface area (Å²) in [5.74, 6) is 0. The molecule has 0 bridgehead atoms. The van der Waals surface area contributed by atoms with Crippen molar-refractivity contribution in [3.05, 3.63) is 40.9 Å². The van der Waals surface area contributed by atoms with Gasteiger partial charge in [-0.05, 0) is 19.9 Å². The zero-order chi connectivity index (χ0) is 14.5. The van der Waals surface area contributed by atoms with E-state index in [4.69, 9.17) is 0 Å². The van der Waals surface area contributed by atoms with E-state index in [-0.39, 0.29) is 11.6 Å². The molecule has 5 heteroatoms. The molecule has 1 aromatic heterocycles. The average Bonchev–Trinajstić information content (AvgIpc) is 2.94. The zero-order valence-electron chi connectivity index (χ0n) is 11.6. The number of rotatable bonds is 6. The minimum absolute atomic E-state index is 0.0449. The predicted octanol–water partition coefficient (Wildman–Crippen LogP) is 4.81. The summed E-state index contributed by atoms with van der Waals surface area (Å²) in [5, 5.41) is 4.28. The summed E-state index contributed by atoms with van der Waals surface area (Å²) in [4.78, 5) is 5.54. The second-order valence-electron chi connectivity index (χ2n) is 4.67. The van der Waals surface area contributed by atoms with E-state index in [1.165, 1.54) is 12.1 Å². The Kier molecular flexibility index (Phi) is 5.20. The summed E-state index contributed by atoms with van der Waals surface area (Å²) >= 11 is 1.60. The standard InChI is InChI=1S/C15H18F2N2S/c1-3-8-18-10(2)13-9-19-15(20-13)12-6-4-11(5-7-12)14(16)17/h4-7,9-10,14,18H,3,8H2,1-2H3. The van der Waals surface area contributed by atoms with Gasteiger partial charge in [0.1, 0.15) is 5.01 Å². The maximum Gasteiger partial charge on any atom is 0.263 e. The highest BCUT2D eigenvalue weighted by atomic mass is 32.1. The third kappa shape index (κ3) is 3.61. The molecule has 0 radical (unpaired) electrons. The van der Waals surface area contributed by atoms with E-state index < -0.39 is 6.43 Å². The molecule has 0 aliphatic heterocycles. The zero-order valence-corrected chi connectivity index (χ0v) is 12.4. The molecule has 0 aliphatic rings. The number of thiazole rings is 1. The van der Waals surface area contributed by atoms with E-state index in [1.807, 2.05) is 6.20 Å². The van der Waals surface area contributed by atoms with Crippen LogP contribution in [0.5, 0.6) is 0 Å². The van der Waals surface area contributed by atoms with Crippen LogP contribution in [0.1, 0.15) is 43.2 Å². The van der Waals surface area contributed by atoms with Gasteiger partial charge in [-0.2, -0.15) is 0 Å². The fraction of sp³-hybridized carbons (Fsp3) is 0.400. The maximum atomic E-state index is 12.5. The SMILES string of the molecule is CCCNC(C)c1cnc(-c2ccc(C(F)F)cc2)s1. The molecule has 2 aromatic rings. The molecule has 0 amide bonds. The number of hydrogen-bond donors (Lipinski definition) is 1. The van der Waals surface area contributed by atoms with Crippen LogP contribution < -0.4 is 5.32 Å². The van der Waals surface area contributed by atoms with E-state index >= 15 is 0 Å². The Labute approximate surface area is 121 Å². The summed E-state index contributed by atoms with van der Waals surface area (Å²) in [7, 11) is 0. The van der Waals surface area contributed by atoms with Crippen molar-refractivity contribution in [1.29, 1.82) is 0 Å². The largest absolute Gasteiger partial charge is 0.309 e. The number of aromatic nitrogens is 1. The van der Waals surface area contributed by atoms with Gasteiger partial charge in [0.25, 0.3) is 6.43 Å². The first-order valence-electron chi connectivity index (χ1n) is 6.69. The molecule has 0 fully saturated rings. The number of nitrogens with one attached hydrogen (secondary N) is 1. The van der Waals surface area contributed by atoms with Crippen LogP contribution >= 0.6 is 11.3 Å². The lowest BCUT2D eigenvalue weighted by molar-refractivity contribution is 0.151. The van der Waals surface area contributed by atoms with Gasteiger partial charge in [-0.25, -0.2) is 13.8 Å². The van der Waals surface area contributed by atoms with Gasteiger partial charge in [0.15, 0.2) is 0 Å². The summed E-state index contributed by atoms with van der Waals surface area (Å²) in [6.45, 7) is 5.20.